The lowest BCUT2D eigenvalue weighted by molar-refractivity contribution is -0.134. The second kappa shape index (κ2) is 11.9. The van der Waals surface area contributed by atoms with Crippen molar-refractivity contribution in [1.82, 2.24) is 9.80 Å². The van der Waals surface area contributed by atoms with Gasteiger partial charge in [-0.2, -0.15) is 0 Å². The highest BCUT2D eigenvalue weighted by Gasteiger charge is 2.32. The fourth-order valence-corrected chi connectivity index (χ4v) is 4.67. The van der Waals surface area contributed by atoms with Gasteiger partial charge in [0.05, 0.1) is 19.1 Å². The van der Waals surface area contributed by atoms with E-state index in [-0.39, 0.29) is 42.8 Å². The number of urea groups is 1. The molecule has 1 aliphatic heterocycles. The number of anilines is 2. The number of amides is 3. The van der Waals surface area contributed by atoms with Gasteiger partial charge in [-0.05, 0) is 75.2 Å². The lowest BCUT2D eigenvalue weighted by Crippen LogP contribution is -2.47. The Balaban J connectivity index is 1.54. The number of fused-ring (bicyclic) bond motifs is 1. The van der Waals surface area contributed by atoms with Crippen LogP contribution in [0, 0.1) is 17.7 Å². The maximum Gasteiger partial charge on any atom is 0.323 e. The smallest absolute Gasteiger partial charge is 0.323 e. The van der Waals surface area contributed by atoms with Crippen molar-refractivity contribution in [2.45, 2.75) is 45.3 Å². The number of aliphatic hydroxyl groups is 1. The Morgan fingerprint density at radius 2 is 1.84 bits per heavy atom. The van der Waals surface area contributed by atoms with Crippen LogP contribution in [-0.4, -0.2) is 72.3 Å². The normalized spacial score (nSPS) is 20.8. The highest BCUT2D eigenvalue weighted by atomic mass is 19.1. The first-order valence-corrected chi connectivity index (χ1v) is 12.9. The van der Waals surface area contributed by atoms with Crippen molar-refractivity contribution in [1.29, 1.82) is 0 Å². The Labute approximate surface area is 217 Å². The van der Waals surface area contributed by atoms with Gasteiger partial charge in [-0.1, -0.05) is 6.92 Å². The maximum absolute atomic E-state index is 13.3. The number of likely N-dealkylation sites (N-methyl/N-ethyl adjacent to an activating group) is 1. The molecule has 2 aromatic carbocycles. The third-order valence-electron chi connectivity index (χ3n) is 7.03. The standard InChI is InChI=1S/C28H37FN4O4/c1-18-14-33(19(2)17-34)27(35)13-21-12-24(31-28(36)30-23-8-6-22(29)7-9-23)10-11-25(21)37-26(18)16-32(3)15-20-4-5-20/h6-12,18-20,26,34H,4-5,13-17H2,1-3H3,(H2,30,31,36)/t18-,19+,26+/m1/s1. The zero-order valence-corrected chi connectivity index (χ0v) is 21.7. The molecule has 0 aromatic heterocycles. The summed E-state index contributed by atoms with van der Waals surface area (Å²) in [6, 6.07) is 9.98. The summed E-state index contributed by atoms with van der Waals surface area (Å²) in [5, 5.41) is 15.2. The van der Waals surface area contributed by atoms with Crippen LogP contribution in [0.4, 0.5) is 20.6 Å². The number of rotatable bonds is 8. The summed E-state index contributed by atoms with van der Waals surface area (Å²) in [4.78, 5) is 29.9. The largest absolute Gasteiger partial charge is 0.488 e. The van der Waals surface area contributed by atoms with Crippen LogP contribution in [0.3, 0.4) is 0 Å². The molecule has 4 rings (SSSR count). The van der Waals surface area contributed by atoms with E-state index in [4.69, 9.17) is 4.74 Å². The minimum Gasteiger partial charge on any atom is -0.488 e. The summed E-state index contributed by atoms with van der Waals surface area (Å²) >= 11 is 0. The molecule has 2 aromatic rings. The molecule has 0 saturated heterocycles. The highest BCUT2D eigenvalue weighted by molar-refractivity contribution is 5.99. The van der Waals surface area contributed by atoms with E-state index in [9.17, 15) is 19.1 Å². The molecule has 0 unspecified atom stereocenters. The zero-order chi connectivity index (χ0) is 26.5. The molecule has 1 fully saturated rings. The van der Waals surface area contributed by atoms with Crippen LogP contribution in [0.15, 0.2) is 42.5 Å². The van der Waals surface area contributed by atoms with E-state index >= 15 is 0 Å². The van der Waals surface area contributed by atoms with Gasteiger partial charge in [0.15, 0.2) is 0 Å². The van der Waals surface area contributed by atoms with Gasteiger partial charge < -0.3 is 30.3 Å². The molecule has 2 aliphatic rings. The third kappa shape index (κ3) is 7.42. The molecule has 0 spiro atoms. The predicted molar refractivity (Wildman–Crippen MR) is 141 cm³/mol. The van der Waals surface area contributed by atoms with E-state index in [1.54, 1.807) is 23.1 Å². The summed E-state index contributed by atoms with van der Waals surface area (Å²) in [6.45, 7) is 6.05. The molecule has 1 heterocycles. The Hall–Kier alpha value is -3.17. The van der Waals surface area contributed by atoms with E-state index < -0.39 is 6.03 Å². The summed E-state index contributed by atoms with van der Waals surface area (Å²) in [5.74, 6) is 0.936. The molecule has 3 amide bonds. The number of hydrogen-bond acceptors (Lipinski definition) is 5. The van der Waals surface area contributed by atoms with Crippen LogP contribution in [0.2, 0.25) is 0 Å². The van der Waals surface area contributed by atoms with Gasteiger partial charge >= 0.3 is 6.03 Å². The average Bonchev–Trinajstić information content (AvgIpc) is 3.67. The number of carbonyl (C=O) groups excluding carboxylic acids is 2. The van der Waals surface area contributed by atoms with Crippen LogP contribution in [0.1, 0.15) is 32.3 Å². The number of aliphatic hydroxyl groups excluding tert-OH is 1. The Morgan fingerprint density at radius 3 is 2.51 bits per heavy atom. The molecule has 1 saturated carbocycles. The zero-order valence-electron chi connectivity index (χ0n) is 21.7. The van der Waals surface area contributed by atoms with Gasteiger partial charge in [-0.15, -0.1) is 0 Å². The summed E-state index contributed by atoms with van der Waals surface area (Å²) in [5.41, 5.74) is 1.64. The van der Waals surface area contributed by atoms with Crippen molar-refractivity contribution in [3.63, 3.8) is 0 Å². The van der Waals surface area contributed by atoms with Gasteiger partial charge in [-0.25, -0.2) is 9.18 Å². The van der Waals surface area contributed by atoms with Crippen LogP contribution in [-0.2, 0) is 11.2 Å². The Morgan fingerprint density at radius 1 is 1.16 bits per heavy atom. The number of halogens is 1. The fourth-order valence-electron chi connectivity index (χ4n) is 4.67. The van der Waals surface area contributed by atoms with Gasteiger partial charge in [0.1, 0.15) is 17.7 Å². The summed E-state index contributed by atoms with van der Waals surface area (Å²) in [6.07, 6.45) is 2.48. The van der Waals surface area contributed by atoms with E-state index in [0.29, 0.717) is 29.2 Å². The van der Waals surface area contributed by atoms with E-state index in [0.717, 1.165) is 19.0 Å². The van der Waals surface area contributed by atoms with Crippen molar-refractivity contribution in [3.8, 4) is 5.75 Å². The van der Waals surface area contributed by atoms with Gasteiger partial charge in [0, 0.05) is 42.5 Å². The molecular formula is C28H37FN4O4. The molecule has 9 heteroatoms. The van der Waals surface area contributed by atoms with E-state index in [2.05, 4.69) is 29.5 Å². The number of nitrogens with one attached hydrogen (secondary N) is 2. The predicted octanol–water partition coefficient (Wildman–Crippen LogP) is 3.96. The number of benzene rings is 2. The molecule has 8 nitrogen and oxygen atoms in total. The van der Waals surface area contributed by atoms with Crippen molar-refractivity contribution >= 4 is 23.3 Å². The SMILES string of the molecule is C[C@@H]1CN([C@@H](C)CO)C(=O)Cc2cc(NC(=O)Nc3ccc(F)cc3)ccc2O[C@H]1CN(C)CC1CC1. The molecule has 1 aliphatic carbocycles. The van der Waals surface area contributed by atoms with E-state index in [1.807, 2.05) is 6.92 Å². The number of hydrogen-bond donors (Lipinski definition) is 3. The minimum absolute atomic E-state index is 0.0461. The third-order valence-corrected chi connectivity index (χ3v) is 7.03. The number of nitrogens with zero attached hydrogens (tertiary/aromatic N) is 2. The Kier molecular flexibility index (Phi) is 8.66. The van der Waals surface area contributed by atoms with E-state index in [1.165, 1.54) is 37.1 Å². The summed E-state index contributed by atoms with van der Waals surface area (Å²) in [7, 11) is 2.11. The van der Waals surface area contributed by atoms with Crippen LogP contribution in [0.5, 0.6) is 5.75 Å². The van der Waals surface area contributed by atoms with Crippen LogP contribution in [0.25, 0.3) is 0 Å². The maximum atomic E-state index is 13.3. The first-order chi connectivity index (χ1) is 17.7. The van der Waals surface area contributed by atoms with Crippen molar-refractivity contribution in [3.05, 3.63) is 53.8 Å². The molecule has 0 bridgehead atoms. The van der Waals surface area contributed by atoms with Gasteiger partial charge in [0.2, 0.25) is 5.91 Å². The molecular weight excluding hydrogens is 475 g/mol. The number of ether oxygens (including phenoxy) is 1. The van der Waals surface area contributed by atoms with Gasteiger partial charge in [-0.3, -0.25) is 4.79 Å². The molecule has 0 radical (unpaired) electrons. The van der Waals surface area contributed by atoms with Gasteiger partial charge in [0.25, 0.3) is 0 Å². The Bertz CT molecular complexity index is 1090. The second-order valence-corrected chi connectivity index (χ2v) is 10.5. The van der Waals surface area contributed by atoms with Crippen LogP contribution < -0.4 is 15.4 Å². The monoisotopic (exact) mass is 512 g/mol. The highest BCUT2D eigenvalue weighted by Crippen LogP contribution is 2.31. The topological polar surface area (TPSA) is 94.1 Å². The molecule has 37 heavy (non-hydrogen) atoms. The van der Waals surface area contributed by atoms with Crippen molar-refractivity contribution < 1.29 is 23.8 Å². The van der Waals surface area contributed by atoms with Crippen molar-refractivity contribution in [2.75, 3.05) is 43.9 Å². The average molecular weight is 513 g/mol. The summed E-state index contributed by atoms with van der Waals surface area (Å²) < 4.78 is 19.7. The first kappa shape index (κ1) is 26.9. The van der Waals surface area contributed by atoms with Crippen LogP contribution >= 0.6 is 0 Å². The molecule has 200 valence electrons. The molecule has 3 atom stereocenters. The lowest BCUT2D eigenvalue weighted by Gasteiger charge is -2.34. The lowest BCUT2D eigenvalue weighted by atomic mass is 10.0. The second-order valence-electron chi connectivity index (χ2n) is 10.5. The fraction of sp³-hybridized carbons (Fsp3) is 0.500. The number of carbonyl (C=O) groups is 2. The quantitative estimate of drug-likeness (QED) is 0.498. The van der Waals surface area contributed by atoms with Crippen molar-refractivity contribution in [2.24, 2.45) is 11.8 Å². The minimum atomic E-state index is -0.481. The first-order valence-electron chi connectivity index (χ1n) is 12.9. The molecule has 3 N–H and O–H groups in total.